The highest BCUT2D eigenvalue weighted by atomic mass is 19.1. The molecular formula is C16H15FN2. The van der Waals surface area contributed by atoms with E-state index in [-0.39, 0.29) is 5.82 Å². The summed E-state index contributed by atoms with van der Waals surface area (Å²) in [6.07, 6.45) is 0.957. The lowest BCUT2D eigenvalue weighted by Crippen LogP contribution is -2.09. The van der Waals surface area contributed by atoms with Gasteiger partial charge < -0.3 is 5.32 Å². The fourth-order valence-electron chi connectivity index (χ4n) is 1.87. The van der Waals surface area contributed by atoms with Crippen LogP contribution in [-0.4, -0.2) is 0 Å². The summed E-state index contributed by atoms with van der Waals surface area (Å²) in [5.74, 6) is -0.354. The predicted octanol–water partition coefficient (Wildman–Crippen LogP) is 4.06. The number of nitriles is 1. The third-order valence-corrected chi connectivity index (χ3v) is 3.02. The van der Waals surface area contributed by atoms with E-state index < -0.39 is 6.04 Å². The van der Waals surface area contributed by atoms with Crippen molar-refractivity contribution in [3.05, 3.63) is 65.5 Å². The summed E-state index contributed by atoms with van der Waals surface area (Å²) in [6.45, 7) is 2.08. The van der Waals surface area contributed by atoms with Crippen molar-refractivity contribution in [3.8, 4) is 6.07 Å². The average Bonchev–Trinajstić information content (AvgIpc) is 2.47. The van der Waals surface area contributed by atoms with Crippen molar-refractivity contribution < 1.29 is 4.39 Å². The van der Waals surface area contributed by atoms with Crippen molar-refractivity contribution in [2.24, 2.45) is 0 Å². The lowest BCUT2D eigenvalue weighted by Gasteiger charge is -2.14. The molecule has 0 bridgehead atoms. The number of halogens is 1. The highest BCUT2D eigenvalue weighted by molar-refractivity contribution is 5.48. The van der Waals surface area contributed by atoms with E-state index in [2.05, 4.69) is 18.3 Å². The molecule has 0 aliphatic rings. The highest BCUT2D eigenvalue weighted by Gasteiger charge is 2.12. The Kier molecular flexibility index (Phi) is 4.15. The fourth-order valence-corrected chi connectivity index (χ4v) is 1.87. The van der Waals surface area contributed by atoms with E-state index in [0.717, 1.165) is 12.0 Å². The first kappa shape index (κ1) is 13.1. The zero-order valence-corrected chi connectivity index (χ0v) is 10.7. The number of hydrogen-bond donors (Lipinski definition) is 1. The molecule has 0 aliphatic heterocycles. The van der Waals surface area contributed by atoms with Crippen molar-refractivity contribution in [2.75, 3.05) is 5.32 Å². The number of para-hydroxylation sites is 1. The van der Waals surface area contributed by atoms with Crippen molar-refractivity contribution in [1.29, 1.82) is 5.26 Å². The minimum absolute atomic E-state index is 0.341. The largest absolute Gasteiger partial charge is 0.364 e. The average molecular weight is 254 g/mol. The molecule has 0 aromatic heterocycles. The molecule has 1 N–H and O–H groups in total. The summed E-state index contributed by atoms with van der Waals surface area (Å²) in [4.78, 5) is 0. The van der Waals surface area contributed by atoms with E-state index in [1.807, 2.05) is 24.3 Å². The smallest absolute Gasteiger partial charge is 0.146 e. The van der Waals surface area contributed by atoms with Gasteiger partial charge in [0.25, 0.3) is 0 Å². The second kappa shape index (κ2) is 6.01. The van der Waals surface area contributed by atoms with Gasteiger partial charge in [-0.25, -0.2) is 4.39 Å². The lowest BCUT2D eigenvalue weighted by atomic mass is 10.0. The third-order valence-electron chi connectivity index (χ3n) is 3.02. The molecule has 2 aromatic carbocycles. The van der Waals surface area contributed by atoms with E-state index >= 15 is 0 Å². The van der Waals surface area contributed by atoms with Crippen molar-refractivity contribution in [3.63, 3.8) is 0 Å². The van der Waals surface area contributed by atoms with Gasteiger partial charge in [-0.05, 0) is 29.7 Å². The summed E-state index contributed by atoms with van der Waals surface area (Å²) in [6, 6.07) is 15.7. The number of anilines is 1. The van der Waals surface area contributed by atoms with Crippen LogP contribution in [-0.2, 0) is 6.42 Å². The summed E-state index contributed by atoms with van der Waals surface area (Å²) < 4.78 is 13.5. The molecule has 0 spiro atoms. The van der Waals surface area contributed by atoms with Gasteiger partial charge >= 0.3 is 0 Å². The van der Waals surface area contributed by atoms with Crippen molar-refractivity contribution in [1.82, 2.24) is 0 Å². The number of rotatable bonds is 4. The van der Waals surface area contributed by atoms with Crippen LogP contribution < -0.4 is 5.32 Å². The van der Waals surface area contributed by atoms with Crippen LogP contribution >= 0.6 is 0 Å². The standard InChI is InChI=1S/C16H15FN2/c1-2-12-7-9-13(10-8-12)16(11-18)19-15-6-4-3-5-14(15)17/h3-10,16,19H,2H2,1H3. The quantitative estimate of drug-likeness (QED) is 0.892. The molecule has 1 unspecified atom stereocenters. The van der Waals surface area contributed by atoms with Crippen LogP contribution in [0.1, 0.15) is 24.1 Å². The SMILES string of the molecule is CCc1ccc(C(C#N)Nc2ccccc2F)cc1. The molecule has 0 saturated carbocycles. The molecule has 19 heavy (non-hydrogen) atoms. The molecule has 0 radical (unpaired) electrons. The number of benzene rings is 2. The van der Waals surface area contributed by atoms with E-state index in [9.17, 15) is 9.65 Å². The summed E-state index contributed by atoms with van der Waals surface area (Å²) >= 11 is 0. The molecule has 0 amide bonds. The minimum atomic E-state index is -0.553. The normalized spacial score (nSPS) is 11.6. The minimum Gasteiger partial charge on any atom is -0.364 e. The molecule has 2 nitrogen and oxygen atoms in total. The number of nitrogens with zero attached hydrogens (tertiary/aromatic N) is 1. The van der Waals surface area contributed by atoms with Gasteiger partial charge in [-0.15, -0.1) is 0 Å². The van der Waals surface area contributed by atoms with Crippen LogP contribution in [0.25, 0.3) is 0 Å². The third kappa shape index (κ3) is 3.11. The van der Waals surface area contributed by atoms with Gasteiger partial charge in [0.2, 0.25) is 0 Å². The molecular weight excluding hydrogens is 239 g/mol. The van der Waals surface area contributed by atoms with Gasteiger partial charge in [-0.2, -0.15) is 5.26 Å². The number of nitrogens with one attached hydrogen (secondary N) is 1. The first-order chi connectivity index (χ1) is 9.24. The summed E-state index contributed by atoms with van der Waals surface area (Å²) in [5, 5.41) is 12.1. The number of hydrogen-bond acceptors (Lipinski definition) is 2. The molecule has 2 rings (SSSR count). The maximum Gasteiger partial charge on any atom is 0.146 e. The molecule has 2 aromatic rings. The first-order valence-electron chi connectivity index (χ1n) is 6.24. The zero-order valence-electron chi connectivity index (χ0n) is 10.7. The first-order valence-corrected chi connectivity index (χ1v) is 6.24. The molecule has 0 heterocycles. The Morgan fingerprint density at radius 1 is 1.16 bits per heavy atom. The molecule has 0 aliphatic carbocycles. The molecule has 0 saturated heterocycles. The Hall–Kier alpha value is -2.34. The fraction of sp³-hybridized carbons (Fsp3) is 0.188. The molecule has 96 valence electrons. The monoisotopic (exact) mass is 254 g/mol. The van der Waals surface area contributed by atoms with E-state index in [1.54, 1.807) is 18.2 Å². The van der Waals surface area contributed by atoms with Crippen LogP contribution in [0, 0.1) is 17.1 Å². The van der Waals surface area contributed by atoms with Gasteiger partial charge in [-0.3, -0.25) is 0 Å². The summed E-state index contributed by atoms with van der Waals surface area (Å²) in [5.41, 5.74) is 2.39. The second-order valence-corrected chi connectivity index (χ2v) is 4.28. The Morgan fingerprint density at radius 2 is 1.84 bits per heavy atom. The number of aryl methyl sites for hydroxylation is 1. The zero-order chi connectivity index (χ0) is 13.7. The highest BCUT2D eigenvalue weighted by Crippen LogP contribution is 2.21. The van der Waals surface area contributed by atoms with Crippen LogP contribution in [0.2, 0.25) is 0 Å². The Morgan fingerprint density at radius 3 is 2.42 bits per heavy atom. The Labute approximate surface area is 112 Å². The maximum absolute atomic E-state index is 13.5. The van der Waals surface area contributed by atoms with Crippen LogP contribution in [0.4, 0.5) is 10.1 Å². The Bertz CT molecular complexity index is 584. The van der Waals surface area contributed by atoms with Crippen LogP contribution in [0.15, 0.2) is 48.5 Å². The van der Waals surface area contributed by atoms with Gasteiger partial charge in [0, 0.05) is 0 Å². The van der Waals surface area contributed by atoms with Gasteiger partial charge in [0.1, 0.15) is 11.9 Å². The predicted molar refractivity (Wildman–Crippen MR) is 74.2 cm³/mol. The van der Waals surface area contributed by atoms with E-state index in [1.165, 1.54) is 11.6 Å². The molecule has 0 fully saturated rings. The van der Waals surface area contributed by atoms with Gasteiger partial charge in [0.05, 0.1) is 11.8 Å². The van der Waals surface area contributed by atoms with Crippen LogP contribution in [0.3, 0.4) is 0 Å². The summed E-state index contributed by atoms with van der Waals surface area (Å²) in [7, 11) is 0. The molecule has 1 atom stereocenters. The van der Waals surface area contributed by atoms with E-state index in [4.69, 9.17) is 0 Å². The van der Waals surface area contributed by atoms with Crippen LogP contribution in [0.5, 0.6) is 0 Å². The van der Waals surface area contributed by atoms with Gasteiger partial charge in [0.15, 0.2) is 0 Å². The molecule has 3 heteroatoms. The van der Waals surface area contributed by atoms with Gasteiger partial charge in [-0.1, -0.05) is 43.3 Å². The Balaban J connectivity index is 2.21. The topological polar surface area (TPSA) is 35.8 Å². The van der Waals surface area contributed by atoms with E-state index in [0.29, 0.717) is 5.69 Å². The van der Waals surface area contributed by atoms with Crippen molar-refractivity contribution >= 4 is 5.69 Å². The maximum atomic E-state index is 13.5. The lowest BCUT2D eigenvalue weighted by molar-refractivity contribution is 0.629. The second-order valence-electron chi connectivity index (χ2n) is 4.28. The van der Waals surface area contributed by atoms with Crippen molar-refractivity contribution in [2.45, 2.75) is 19.4 Å².